The van der Waals surface area contributed by atoms with E-state index in [2.05, 4.69) is 12.6 Å². The number of nitrogen functional groups attached to an aromatic ring is 1. The molecule has 2 N–H and O–H groups in total. The maximum atomic E-state index is 5.62. The molecule has 1 aromatic carbocycles. The molecule has 0 saturated carbocycles. The summed E-state index contributed by atoms with van der Waals surface area (Å²) in [6.45, 7) is 0. The summed E-state index contributed by atoms with van der Waals surface area (Å²) in [5.74, 6) is 0. The molecule has 3 heteroatoms. The van der Waals surface area contributed by atoms with Crippen LogP contribution in [0.15, 0.2) is 23.1 Å². The minimum Gasteiger partial charge on any atom is -0.399 e. The Morgan fingerprint density at radius 1 is 1.33 bits per heavy atom. The molecule has 0 aromatic heterocycles. The van der Waals surface area contributed by atoms with E-state index in [0.717, 1.165) is 4.90 Å². The van der Waals surface area contributed by atoms with Gasteiger partial charge >= 0.3 is 0 Å². The average Bonchev–Trinajstić information content (AvgIpc) is 1.59. The van der Waals surface area contributed by atoms with Crippen LogP contribution in [-0.2, 0) is 0 Å². The lowest BCUT2D eigenvalue weighted by Crippen LogP contribution is -1.82. The van der Waals surface area contributed by atoms with Gasteiger partial charge in [-0.2, -0.15) is 0 Å². The fourth-order valence-electron chi connectivity index (χ4n) is 0.596. The van der Waals surface area contributed by atoms with Gasteiger partial charge in [-0.15, -0.1) is 12.6 Å². The first-order valence-electron chi connectivity index (χ1n) is 2.43. The van der Waals surface area contributed by atoms with Crippen molar-refractivity contribution in [2.24, 2.45) is 0 Å². The third kappa shape index (κ3) is 1.80. The molecule has 0 heterocycles. The number of anilines is 1. The summed E-state index contributed by atoms with van der Waals surface area (Å²) in [6.07, 6.45) is 0. The van der Waals surface area contributed by atoms with E-state index in [1.165, 1.54) is 0 Å². The lowest BCUT2D eigenvalue weighted by Gasteiger charge is -1.94. The maximum Gasteiger partial charge on any atom is 0.0437 e. The number of rotatable bonds is 0. The molecule has 0 amide bonds. The van der Waals surface area contributed by atoms with E-state index in [4.69, 9.17) is 17.3 Å². The second-order valence-electron chi connectivity index (χ2n) is 1.74. The Labute approximate surface area is 64.2 Å². The van der Waals surface area contributed by atoms with Crippen LogP contribution in [0.2, 0.25) is 5.02 Å². The molecule has 0 bridgehead atoms. The van der Waals surface area contributed by atoms with Crippen LogP contribution in [0.5, 0.6) is 0 Å². The Kier molecular flexibility index (Phi) is 1.88. The molecular weight excluding hydrogens is 154 g/mol. The zero-order valence-electron chi connectivity index (χ0n) is 4.63. The van der Waals surface area contributed by atoms with Crippen molar-refractivity contribution in [2.45, 2.75) is 4.90 Å². The molecule has 48 valence electrons. The predicted molar refractivity (Wildman–Crippen MR) is 43.1 cm³/mol. The molecule has 0 saturated heterocycles. The van der Waals surface area contributed by atoms with Crippen molar-refractivity contribution in [2.75, 3.05) is 5.73 Å². The van der Waals surface area contributed by atoms with E-state index in [1.807, 2.05) is 0 Å². The van der Waals surface area contributed by atoms with Crippen molar-refractivity contribution in [3.05, 3.63) is 23.2 Å². The lowest BCUT2D eigenvalue weighted by molar-refractivity contribution is 1.48. The van der Waals surface area contributed by atoms with Gasteiger partial charge in [0.05, 0.1) is 0 Å². The lowest BCUT2D eigenvalue weighted by atomic mass is 10.3. The highest BCUT2D eigenvalue weighted by Crippen LogP contribution is 2.18. The van der Waals surface area contributed by atoms with Gasteiger partial charge in [-0.3, -0.25) is 0 Å². The van der Waals surface area contributed by atoms with Gasteiger partial charge in [0.25, 0.3) is 0 Å². The summed E-state index contributed by atoms with van der Waals surface area (Å²) in [5.41, 5.74) is 6.07. The van der Waals surface area contributed by atoms with E-state index < -0.39 is 0 Å². The SMILES string of the molecule is Nc1cc(S)cc(Cl)c1. The van der Waals surface area contributed by atoms with Gasteiger partial charge in [-0.25, -0.2) is 0 Å². The highest BCUT2D eigenvalue weighted by molar-refractivity contribution is 7.80. The molecule has 0 spiro atoms. The van der Waals surface area contributed by atoms with E-state index in [-0.39, 0.29) is 0 Å². The van der Waals surface area contributed by atoms with Crippen LogP contribution in [-0.4, -0.2) is 0 Å². The van der Waals surface area contributed by atoms with E-state index in [1.54, 1.807) is 18.2 Å². The molecule has 0 fully saturated rings. The summed E-state index contributed by atoms with van der Waals surface area (Å²) in [4.78, 5) is 0.792. The van der Waals surface area contributed by atoms with Crippen molar-refractivity contribution >= 4 is 29.9 Å². The standard InChI is InChI=1S/C6H6ClNS/c7-4-1-5(8)3-6(9)2-4/h1-3,9H,8H2. The van der Waals surface area contributed by atoms with Crippen LogP contribution in [0.1, 0.15) is 0 Å². The second kappa shape index (κ2) is 2.50. The summed E-state index contributed by atoms with van der Waals surface area (Å²) >= 11 is 9.68. The molecule has 1 aromatic rings. The maximum absolute atomic E-state index is 5.62. The zero-order valence-corrected chi connectivity index (χ0v) is 6.28. The smallest absolute Gasteiger partial charge is 0.0437 e. The Balaban J connectivity index is 3.17. The number of nitrogens with two attached hydrogens (primary N) is 1. The molecule has 0 aliphatic carbocycles. The molecule has 1 rings (SSSR count). The van der Waals surface area contributed by atoms with E-state index in [9.17, 15) is 0 Å². The number of benzene rings is 1. The van der Waals surface area contributed by atoms with Gasteiger partial charge in [0.15, 0.2) is 0 Å². The van der Waals surface area contributed by atoms with E-state index in [0.29, 0.717) is 10.7 Å². The number of thiol groups is 1. The zero-order chi connectivity index (χ0) is 6.85. The Morgan fingerprint density at radius 2 is 2.00 bits per heavy atom. The Morgan fingerprint density at radius 3 is 2.44 bits per heavy atom. The van der Waals surface area contributed by atoms with Gasteiger partial charge in [0.2, 0.25) is 0 Å². The number of hydrogen-bond acceptors (Lipinski definition) is 2. The molecule has 0 aliphatic rings. The summed E-state index contributed by atoms with van der Waals surface area (Å²) < 4.78 is 0. The van der Waals surface area contributed by atoms with Gasteiger partial charge in [-0.05, 0) is 18.2 Å². The van der Waals surface area contributed by atoms with Crippen molar-refractivity contribution in [1.82, 2.24) is 0 Å². The highest BCUT2D eigenvalue weighted by Gasteiger charge is 1.90. The minimum absolute atomic E-state index is 0.625. The van der Waals surface area contributed by atoms with Crippen molar-refractivity contribution in [1.29, 1.82) is 0 Å². The third-order valence-electron chi connectivity index (χ3n) is 0.905. The van der Waals surface area contributed by atoms with E-state index >= 15 is 0 Å². The molecule has 0 unspecified atom stereocenters. The highest BCUT2D eigenvalue weighted by atomic mass is 35.5. The first-order chi connectivity index (χ1) is 4.18. The monoisotopic (exact) mass is 159 g/mol. The van der Waals surface area contributed by atoms with Crippen LogP contribution < -0.4 is 5.73 Å². The fourth-order valence-corrected chi connectivity index (χ4v) is 1.20. The molecular formula is C6H6ClNS. The fraction of sp³-hybridized carbons (Fsp3) is 0. The minimum atomic E-state index is 0.625. The molecule has 1 nitrogen and oxygen atoms in total. The average molecular weight is 160 g/mol. The van der Waals surface area contributed by atoms with Gasteiger partial charge in [0, 0.05) is 15.6 Å². The third-order valence-corrected chi connectivity index (χ3v) is 1.38. The van der Waals surface area contributed by atoms with Crippen LogP contribution in [0, 0.1) is 0 Å². The van der Waals surface area contributed by atoms with Crippen molar-refractivity contribution in [3.63, 3.8) is 0 Å². The number of hydrogen-bond donors (Lipinski definition) is 2. The first-order valence-corrected chi connectivity index (χ1v) is 3.26. The van der Waals surface area contributed by atoms with Crippen molar-refractivity contribution < 1.29 is 0 Å². The van der Waals surface area contributed by atoms with Crippen LogP contribution in [0.3, 0.4) is 0 Å². The second-order valence-corrected chi connectivity index (χ2v) is 2.70. The molecule has 0 atom stereocenters. The Hall–Kier alpha value is -0.340. The topological polar surface area (TPSA) is 26.0 Å². The van der Waals surface area contributed by atoms with Gasteiger partial charge in [-0.1, -0.05) is 11.6 Å². The quantitative estimate of drug-likeness (QED) is 0.441. The summed E-state index contributed by atoms with van der Waals surface area (Å²) in [6, 6.07) is 5.16. The summed E-state index contributed by atoms with van der Waals surface area (Å²) in [5, 5.41) is 0.625. The van der Waals surface area contributed by atoms with Gasteiger partial charge < -0.3 is 5.73 Å². The molecule has 0 aliphatic heterocycles. The molecule has 0 radical (unpaired) electrons. The van der Waals surface area contributed by atoms with Gasteiger partial charge in [0.1, 0.15) is 0 Å². The number of halogens is 1. The largest absolute Gasteiger partial charge is 0.399 e. The molecule has 9 heavy (non-hydrogen) atoms. The summed E-state index contributed by atoms with van der Waals surface area (Å²) in [7, 11) is 0. The predicted octanol–water partition coefficient (Wildman–Crippen LogP) is 2.21. The normalized spacial score (nSPS) is 9.56. The van der Waals surface area contributed by atoms with Crippen molar-refractivity contribution in [3.8, 4) is 0 Å². The van der Waals surface area contributed by atoms with Crippen LogP contribution >= 0.6 is 24.2 Å². The Bertz CT molecular complexity index is 174. The van der Waals surface area contributed by atoms with Crippen LogP contribution in [0.25, 0.3) is 0 Å². The first kappa shape index (κ1) is 6.78. The van der Waals surface area contributed by atoms with Crippen LogP contribution in [0.4, 0.5) is 5.69 Å².